The summed E-state index contributed by atoms with van der Waals surface area (Å²) in [6, 6.07) is 12.4. The van der Waals surface area contributed by atoms with Crippen LogP contribution in [0.25, 0.3) is 0 Å². The van der Waals surface area contributed by atoms with Gasteiger partial charge in [-0.1, -0.05) is 52.8 Å². The number of alkyl halides is 3. The summed E-state index contributed by atoms with van der Waals surface area (Å²) in [6.07, 6.45) is -3.00. The van der Waals surface area contributed by atoms with Gasteiger partial charge in [-0.15, -0.1) is 0 Å². The number of nitrogens with zero attached hydrogens (tertiary/aromatic N) is 2. The zero-order valence-electron chi connectivity index (χ0n) is 18.0. The van der Waals surface area contributed by atoms with Crippen LogP contribution in [-0.2, 0) is 32.7 Å². The van der Waals surface area contributed by atoms with Gasteiger partial charge in [0.25, 0.3) is 5.91 Å². The second-order valence-electron chi connectivity index (χ2n) is 7.47. The third-order valence-electron chi connectivity index (χ3n) is 5.50. The van der Waals surface area contributed by atoms with Crippen LogP contribution in [0, 0.1) is 0 Å². The van der Waals surface area contributed by atoms with Crippen molar-refractivity contribution in [1.29, 1.82) is 0 Å². The van der Waals surface area contributed by atoms with Gasteiger partial charge in [0.1, 0.15) is 13.7 Å². The highest BCUT2D eigenvalue weighted by molar-refractivity contribution is 6.45. The molecule has 0 aromatic heterocycles. The number of likely N-dealkylation sites (N-methyl/N-ethyl adjacent to an activating group) is 1. The predicted octanol–water partition coefficient (Wildman–Crippen LogP) is 4.43. The minimum atomic E-state index is -4.40. The molecule has 3 rings (SSSR count). The Kier molecular flexibility index (Phi) is 6.86. The maximum absolute atomic E-state index is 13.1. The molecule has 2 aromatic rings. The molecule has 1 amide bonds. The lowest BCUT2D eigenvalue weighted by Gasteiger charge is -2.17. The molecule has 1 aliphatic carbocycles. The molecule has 0 radical (unpaired) electrons. The van der Waals surface area contributed by atoms with E-state index < -0.39 is 23.1 Å². The van der Waals surface area contributed by atoms with E-state index in [2.05, 4.69) is 15.6 Å². The number of oxime groups is 2. The molecule has 0 spiro atoms. The number of carbonyl (C=O) groups excluding carboxylic acids is 1. The normalized spacial score (nSPS) is 15.8. The van der Waals surface area contributed by atoms with E-state index in [4.69, 9.17) is 9.68 Å². The molecule has 0 unspecified atom stereocenters. The molecule has 32 heavy (non-hydrogen) atoms. The SMILES string of the molecule is CNC(=O)C(=NOC)c1ccccc1CON=C(C)C1(c2cccc(C(F)(F)F)c2)CC1. The number of rotatable bonds is 8. The fraction of sp³-hybridized carbons (Fsp3) is 0.348. The first kappa shape index (κ1) is 23.3. The molecule has 0 saturated heterocycles. The largest absolute Gasteiger partial charge is 0.416 e. The average molecular weight is 447 g/mol. The molecule has 170 valence electrons. The summed E-state index contributed by atoms with van der Waals surface area (Å²) in [5.74, 6) is -0.416. The summed E-state index contributed by atoms with van der Waals surface area (Å²) >= 11 is 0. The van der Waals surface area contributed by atoms with E-state index >= 15 is 0 Å². The van der Waals surface area contributed by atoms with Gasteiger partial charge in [0.2, 0.25) is 0 Å². The highest BCUT2D eigenvalue weighted by Gasteiger charge is 2.48. The Balaban J connectivity index is 1.79. The van der Waals surface area contributed by atoms with E-state index in [-0.39, 0.29) is 12.3 Å². The smallest absolute Gasteiger partial charge is 0.398 e. The minimum Gasteiger partial charge on any atom is -0.398 e. The van der Waals surface area contributed by atoms with Crippen LogP contribution >= 0.6 is 0 Å². The van der Waals surface area contributed by atoms with E-state index in [1.165, 1.54) is 26.3 Å². The molecule has 2 aromatic carbocycles. The number of hydrogen-bond acceptors (Lipinski definition) is 5. The van der Waals surface area contributed by atoms with Crippen LogP contribution < -0.4 is 5.32 Å². The van der Waals surface area contributed by atoms with Gasteiger partial charge in [-0.2, -0.15) is 13.2 Å². The lowest BCUT2D eigenvalue weighted by molar-refractivity contribution is -0.137. The van der Waals surface area contributed by atoms with Crippen molar-refractivity contribution in [2.75, 3.05) is 14.2 Å². The van der Waals surface area contributed by atoms with Gasteiger partial charge in [0.15, 0.2) is 5.71 Å². The number of carbonyl (C=O) groups is 1. The van der Waals surface area contributed by atoms with Crippen molar-refractivity contribution >= 4 is 17.3 Å². The van der Waals surface area contributed by atoms with Crippen LogP contribution in [-0.4, -0.2) is 31.5 Å². The van der Waals surface area contributed by atoms with Crippen LogP contribution in [0.5, 0.6) is 0 Å². The van der Waals surface area contributed by atoms with Gasteiger partial charge < -0.3 is 15.0 Å². The molecule has 9 heteroatoms. The summed E-state index contributed by atoms with van der Waals surface area (Å²) in [6.45, 7) is 1.80. The minimum absolute atomic E-state index is 0.0475. The number of hydrogen-bond donors (Lipinski definition) is 1. The maximum atomic E-state index is 13.1. The van der Waals surface area contributed by atoms with Crippen LogP contribution in [0.4, 0.5) is 13.2 Å². The molecule has 0 bridgehead atoms. The Hall–Kier alpha value is -3.36. The van der Waals surface area contributed by atoms with E-state index in [0.717, 1.165) is 6.07 Å². The molecular weight excluding hydrogens is 423 g/mol. The first-order valence-corrected chi connectivity index (χ1v) is 9.99. The van der Waals surface area contributed by atoms with Crippen molar-refractivity contribution < 1.29 is 27.6 Å². The Bertz CT molecular complexity index is 1040. The molecule has 0 heterocycles. The molecule has 0 aliphatic heterocycles. The lowest BCUT2D eigenvalue weighted by Crippen LogP contribution is -2.29. The van der Waals surface area contributed by atoms with E-state index in [9.17, 15) is 18.0 Å². The van der Waals surface area contributed by atoms with Crippen LogP contribution in [0.2, 0.25) is 0 Å². The van der Waals surface area contributed by atoms with Crippen molar-refractivity contribution in [2.24, 2.45) is 10.3 Å². The van der Waals surface area contributed by atoms with Crippen molar-refractivity contribution in [2.45, 2.75) is 38.0 Å². The average Bonchev–Trinajstić information content (AvgIpc) is 3.59. The molecule has 1 N–H and O–H groups in total. The van der Waals surface area contributed by atoms with Crippen molar-refractivity contribution in [3.63, 3.8) is 0 Å². The molecule has 1 aliphatic rings. The predicted molar refractivity (Wildman–Crippen MR) is 114 cm³/mol. The summed E-state index contributed by atoms with van der Waals surface area (Å²) in [7, 11) is 2.84. The standard InChI is InChI=1S/C23H24F3N3O3/c1-15(22(11-12-22)17-8-6-9-18(13-17)23(24,25)26)28-32-14-16-7-4-5-10-19(16)20(29-31-3)21(30)27-2/h4-10,13H,11-12,14H2,1-3H3,(H,27,30). The summed E-state index contributed by atoms with van der Waals surface area (Å²) in [5.41, 5.74) is 1.23. The van der Waals surface area contributed by atoms with E-state index in [0.29, 0.717) is 35.2 Å². The second kappa shape index (κ2) is 9.42. The number of benzene rings is 2. The molecule has 1 saturated carbocycles. The Labute approximate surface area is 184 Å². The van der Waals surface area contributed by atoms with Gasteiger partial charge in [-0.3, -0.25) is 4.79 Å². The molecule has 0 atom stereocenters. The zero-order chi connectivity index (χ0) is 23.4. The molecule has 1 fully saturated rings. The zero-order valence-corrected chi connectivity index (χ0v) is 18.0. The van der Waals surface area contributed by atoms with Crippen molar-refractivity contribution in [1.82, 2.24) is 5.32 Å². The topological polar surface area (TPSA) is 72.3 Å². The van der Waals surface area contributed by atoms with Gasteiger partial charge in [-0.05, 0) is 31.4 Å². The fourth-order valence-corrected chi connectivity index (χ4v) is 3.56. The van der Waals surface area contributed by atoms with Crippen LogP contribution in [0.1, 0.15) is 42.0 Å². The number of amides is 1. The Morgan fingerprint density at radius 3 is 2.47 bits per heavy atom. The van der Waals surface area contributed by atoms with Gasteiger partial charge in [0, 0.05) is 23.6 Å². The van der Waals surface area contributed by atoms with Gasteiger partial charge in [0.05, 0.1) is 11.3 Å². The lowest BCUT2D eigenvalue weighted by atomic mass is 9.90. The monoisotopic (exact) mass is 447 g/mol. The maximum Gasteiger partial charge on any atom is 0.416 e. The second-order valence-corrected chi connectivity index (χ2v) is 7.47. The van der Waals surface area contributed by atoms with E-state index in [1.807, 2.05) is 0 Å². The third-order valence-corrected chi connectivity index (χ3v) is 5.50. The molecule has 6 nitrogen and oxygen atoms in total. The van der Waals surface area contributed by atoms with Gasteiger partial charge in [-0.25, -0.2) is 0 Å². The first-order valence-electron chi connectivity index (χ1n) is 9.99. The third kappa shape index (κ3) is 4.92. The van der Waals surface area contributed by atoms with E-state index in [1.54, 1.807) is 37.3 Å². The van der Waals surface area contributed by atoms with Crippen LogP contribution in [0.15, 0.2) is 58.8 Å². The first-order chi connectivity index (χ1) is 15.2. The highest BCUT2D eigenvalue weighted by atomic mass is 19.4. The molecular formula is C23H24F3N3O3. The summed E-state index contributed by atoms with van der Waals surface area (Å²) in [4.78, 5) is 22.5. The number of nitrogens with one attached hydrogen (secondary N) is 1. The quantitative estimate of drug-likeness (QED) is 0.481. The Morgan fingerprint density at radius 2 is 1.84 bits per heavy atom. The Morgan fingerprint density at radius 1 is 1.12 bits per heavy atom. The van der Waals surface area contributed by atoms with Crippen molar-refractivity contribution in [3.8, 4) is 0 Å². The highest BCUT2D eigenvalue weighted by Crippen LogP contribution is 2.50. The fourth-order valence-electron chi connectivity index (χ4n) is 3.56. The van der Waals surface area contributed by atoms with Crippen molar-refractivity contribution in [3.05, 3.63) is 70.8 Å². The van der Waals surface area contributed by atoms with Crippen LogP contribution in [0.3, 0.4) is 0 Å². The van der Waals surface area contributed by atoms with Gasteiger partial charge >= 0.3 is 6.18 Å². The number of halogens is 3. The summed E-state index contributed by atoms with van der Waals surface area (Å²) < 4.78 is 39.3. The summed E-state index contributed by atoms with van der Waals surface area (Å²) in [5, 5.41) is 10.5.